The molecule has 0 radical (unpaired) electrons. The number of aliphatic hydroxyl groups is 1. The van der Waals surface area contributed by atoms with Crippen molar-refractivity contribution in [2.24, 2.45) is 0 Å². The Morgan fingerprint density at radius 3 is 1.69 bits per heavy atom. The van der Waals surface area contributed by atoms with Crippen LogP contribution in [0.1, 0.15) is 56.3 Å². The first-order chi connectivity index (χ1) is 17.2. The summed E-state index contributed by atoms with van der Waals surface area (Å²) in [5, 5.41) is 18.1. The number of benzene rings is 3. The number of amides is 1. The van der Waals surface area contributed by atoms with Gasteiger partial charge in [0.05, 0.1) is 6.10 Å². The maximum atomic E-state index is 12.5. The Balaban J connectivity index is 1.88. The van der Waals surface area contributed by atoms with E-state index in [0.29, 0.717) is 0 Å². The smallest absolute Gasteiger partial charge is 0.408 e. The van der Waals surface area contributed by atoms with Crippen LogP contribution >= 0.6 is 0 Å². The summed E-state index contributed by atoms with van der Waals surface area (Å²) >= 11 is 0. The highest BCUT2D eigenvalue weighted by atomic mass is 16.6. The molecule has 0 aliphatic rings. The number of nitrogens with one attached hydrogen (secondary N) is 1. The summed E-state index contributed by atoms with van der Waals surface area (Å²) in [6.07, 6.45) is 0.0484. The number of carbonyl (C=O) groups excluding carboxylic acids is 1. The summed E-state index contributed by atoms with van der Waals surface area (Å²) in [6, 6.07) is 29.4. The minimum Gasteiger partial charge on any atom is -0.444 e. The zero-order chi connectivity index (χ0) is 25.8. The Bertz CT molecular complexity index is 1170. The predicted molar refractivity (Wildman–Crippen MR) is 138 cm³/mol. The van der Waals surface area contributed by atoms with Crippen LogP contribution in [0.15, 0.2) is 97.3 Å². The summed E-state index contributed by atoms with van der Waals surface area (Å²) in [5.41, 5.74) is 1.46. The van der Waals surface area contributed by atoms with Gasteiger partial charge in [-0.15, -0.1) is 0 Å². The van der Waals surface area contributed by atoms with Crippen LogP contribution in [-0.4, -0.2) is 37.7 Å². The molecule has 1 amide bonds. The van der Waals surface area contributed by atoms with Gasteiger partial charge in [-0.2, -0.15) is 5.10 Å². The molecular formula is C29H32N4O3. The molecule has 0 spiro atoms. The summed E-state index contributed by atoms with van der Waals surface area (Å²) < 4.78 is 7.20. The Labute approximate surface area is 211 Å². The third-order valence-electron chi connectivity index (χ3n) is 5.86. The number of carbonyl (C=O) groups is 1. The van der Waals surface area contributed by atoms with Crippen molar-refractivity contribution in [1.82, 2.24) is 20.1 Å². The molecule has 4 rings (SSSR count). The molecule has 0 aliphatic carbocycles. The van der Waals surface area contributed by atoms with Gasteiger partial charge < -0.3 is 15.2 Å². The van der Waals surface area contributed by atoms with Crippen LogP contribution in [0.5, 0.6) is 0 Å². The molecule has 0 saturated carbocycles. The summed E-state index contributed by atoms with van der Waals surface area (Å²) in [7, 11) is 0. The van der Waals surface area contributed by atoms with E-state index in [1.165, 1.54) is 0 Å². The molecule has 7 nitrogen and oxygen atoms in total. The average molecular weight is 485 g/mol. The molecule has 0 fully saturated rings. The quantitative estimate of drug-likeness (QED) is 0.358. The van der Waals surface area contributed by atoms with Crippen LogP contribution in [-0.2, 0) is 10.3 Å². The van der Waals surface area contributed by atoms with E-state index < -0.39 is 29.4 Å². The fourth-order valence-electron chi connectivity index (χ4n) is 4.35. The first-order valence-electron chi connectivity index (χ1n) is 12.0. The molecule has 1 aromatic heterocycles. The van der Waals surface area contributed by atoms with Crippen molar-refractivity contribution >= 4 is 6.09 Å². The van der Waals surface area contributed by atoms with E-state index in [1.54, 1.807) is 38.7 Å². The van der Waals surface area contributed by atoms with Crippen LogP contribution < -0.4 is 5.32 Å². The maximum Gasteiger partial charge on any atom is 0.408 e. The van der Waals surface area contributed by atoms with Gasteiger partial charge in [0.2, 0.25) is 0 Å². The topological polar surface area (TPSA) is 89.3 Å². The van der Waals surface area contributed by atoms with Crippen molar-refractivity contribution in [2.45, 2.75) is 51.0 Å². The molecule has 4 aromatic rings. The van der Waals surface area contributed by atoms with E-state index in [2.05, 4.69) is 46.7 Å². The standard InChI is InChI=1S/C29H32N4O3/c1-21(34)25(31-27(35)36-28(2,3)4)26-30-20-33(32-26)29(22-14-8-5-9-15-22,23-16-10-6-11-17-23)24-18-12-7-13-19-24/h5-21,25,34H,1-4H3,(H,31,35). The van der Waals surface area contributed by atoms with E-state index in [9.17, 15) is 9.90 Å². The Kier molecular flexibility index (Phi) is 7.22. The van der Waals surface area contributed by atoms with Gasteiger partial charge >= 0.3 is 6.09 Å². The Hall–Kier alpha value is -3.97. The zero-order valence-corrected chi connectivity index (χ0v) is 21.0. The number of aliphatic hydroxyl groups excluding tert-OH is 1. The number of ether oxygens (including phenoxy) is 1. The summed E-state index contributed by atoms with van der Waals surface area (Å²) in [4.78, 5) is 17.1. The van der Waals surface area contributed by atoms with Crippen molar-refractivity contribution in [2.75, 3.05) is 0 Å². The number of hydrogen-bond acceptors (Lipinski definition) is 5. The molecule has 186 valence electrons. The first kappa shape index (κ1) is 25.1. The molecule has 2 N–H and O–H groups in total. The first-order valence-corrected chi connectivity index (χ1v) is 12.0. The molecule has 0 bridgehead atoms. The van der Waals surface area contributed by atoms with Crippen molar-refractivity contribution < 1.29 is 14.6 Å². The number of aromatic nitrogens is 3. The molecule has 2 unspecified atom stereocenters. The Morgan fingerprint density at radius 2 is 1.31 bits per heavy atom. The number of alkyl carbamates (subject to hydrolysis) is 1. The van der Waals surface area contributed by atoms with Crippen molar-refractivity contribution in [1.29, 1.82) is 0 Å². The van der Waals surface area contributed by atoms with E-state index in [0.717, 1.165) is 16.7 Å². The largest absolute Gasteiger partial charge is 0.444 e. The lowest BCUT2D eigenvalue weighted by Gasteiger charge is -2.36. The minimum absolute atomic E-state index is 0.281. The van der Waals surface area contributed by atoms with Crippen LogP contribution in [0.2, 0.25) is 0 Å². The normalized spacial score (nSPS) is 13.6. The van der Waals surface area contributed by atoms with E-state index in [4.69, 9.17) is 9.84 Å². The number of rotatable bonds is 7. The number of nitrogens with zero attached hydrogens (tertiary/aromatic N) is 3. The van der Waals surface area contributed by atoms with Crippen LogP contribution in [0.25, 0.3) is 0 Å². The Morgan fingerprint density at radius 1 is 0.861 bits per heavy atom. The lowest BCUT2D eigenvalue weighted by Crippen LogP contribution is -2.40. The molecule has 1 heterocycles. The van der Waals surface area contributed by atoms with Gasteiger partial charge in [0.1, 0.15) is 23.5 Å². The number of hydrogen-bond donors (Lipinski definition) is 2. The lowest BCUT2D eigenvalue weighted by molar-refractivity contribution is 0.0429. The predicted octanol–water partition coefficient (Wildman–Crippen LogP) is 5.06. The molecule has 7 heteroatoms. The molecule has 2 atom stereocenters. The van der Waals surface area contributed by atoms with Crippen molar-refractivity contribution in [3.05, 3.63) is 120 Å². The van der Waals surface area contributed by atoms with Gasteiger partial charge in [0.15, 0.2) is 5.82 Å². The lowest BCUT2D eigenvalue weighted by atomic mass is 9.77. The van der Waals surface area contributed by atoms with Gasteiger partial charge in [-0.3, -0.25) is 0 Å². The second-order valence-corrected chi connectivity index (χ2v) is 9.72. The second kappa shape index (κ2) is 10.3. The minimum atomic E-state index is -0.951. The fraction of sp³-hybridized carbons (Fsp3) is 0.276. The van der Waals surface area contributed by atoms with E-state index >= 15 is 0 Å². The average Bonchev–Trinajstić information content (AvgIpc) is 3.34. The highest BCUT2D eigenvalue weighted by Gasteiger charge is 2.40. The zero-order valence-electron chi connectivity index (χ0n) is 21.0. The van der Waals surface area contributed by atoms with Gasteiger partial charge in [0.25, 0.3) is 0 Å². The summed E-state index contributed by atoms with van der Waals surface area (Å²) in [5.74, 6) is 0.281. The van der Waals surface area contributed by atoms with Crippen molar-refractivity contribution in [3.63, 3.8) is 0 Å². The van der Waals surface area contributed by atoms with Gasteiger partial charge in [-0.25, -0.2) is 14.5 Å². The van der Waals surface area contributed by atoms with Crippen LogP contribution in [0, 0.1) is 0 Å². The van der Waals surface area contributed by atoms with E-state index in [-0.39, 0.29) is 5.82 Å². The van der Waals surface area contributed by atoms with Crippen LogP contribution in [0.3, 0.4) is 0 Å². The van der Waals surface area contributed by atoms with E-state index in [1.807, 2.05) is 54.6 Å². The molecule has 3 aromatic carbocycles. The highest BCUT2D eigenvalue weighted by molar-refractivity contribution is 5.68. The van der Waals surface area contributed by atoms with Gasteiger partial charge in [-0.1, -0.05) is 91.0 Å². The SMILES string of the molecule is CC(O)C(NC(=O)OC(C)(C)C)c1ncn(C(c2ccccc2)(c2ccccc2)c2ccccc2)n1. The maximum absolute atomic E-state index is 12.5. The third-order valence-corrected chi connectivity index (χ3v) is 5.86. The monoisotopic (exact) mass is 484 g/mol. The second-order valence-electron chi connectivity index (χ2n) is 9.72. The van der Waals surface area contributed by atoms with Gasteiger partial charge in [0, 0.05) is 0 Å². The molecule has 36 heavy (non-hydrogen) atoms. The van der Waals surface area contributed by atoms with Crippen molar-refractivity contribution in [3.8, 4) is 0 Å². The third kappa shape index (κ3) is 5.16. The highest BCUT2D eigenvalue weighted by Crippen LogP contribution is 2.40. The van der Waals surface area contributed by atoms with Crippen LogP contribution in [0.4, 0.5) is 4.79 Å². The molecular weight excluding hydrogens is 452 g/mol. The molecule has 0 aliphatic heterocycles. The fourth-order valence-corrected chi connectivity index (χ4v) is 4.35. The van der Waals surface area contributed by atoms with Gasteiger partial charge in [-0.05, 0) is 44.4 Å². The molecule has 0 saturated heterocycles. The summed E-state index contributed by atoms with van der Waals surface area (Å²) in [6.45, 7) is 6.93.